The van der Waals surface area contributed by atoms with Crippen LogP contribution in [-0.4, -0.2) is 18.4 Å². The minimum Gasteiger partial charge on any atom is -0.322 e. The third-order valence-electron chi connectivity index (χ3n) is 5.37. The van der Waals surface area contributed by atoms with Crippen molar-refractivity contribution in [1.82, 2.24) is 0 Å². The van der Waals surface area contributed by atoms with Gasteiger partial charge in [-0.2, -0.15) is 0 Å². The number of hydrogen-bond acceptors (Lipinski definition) is 2. The minimum atomic E-state index is -0.183. The molecule has 3 aromatic carbocycles. The second kappa shape index (κ2) is 7.92. The molecule has 0 radical (unpaired) electrons. The number of carbonyl (C=O) groups excluding carboxylic acids is 2. The fourth-order valence-electron chi connectivity index (χ4n) is 3.77. The summed E-state index contributed by atoms with van der Waals surface area (Å²) in [5.74, 6) is -0.220. The molecular formula is C25H24N2O2. The van der Waals surface area contributed by atoms with E-state index in [1.807, 2.05) is 54.3 Å². The molecule has 1 heterocycles. The molecule has 146 valence electrons. The molecule has 0 aromatic heterocycles. The summed E-state index contributed by atoms with van der Waals surface area (Å²) in [6.45, 7) is 4.70. The highest BCUT2D eigenvalue weighted by Crippen LogP contribution is 2.30. The molecule has 3 aromatic rings. The molecule has 0 spiro atoms. The number of benzene rings is 3. The Morgan fingerprint density at radius 1 is 0.897 bits per heavy atom. The number of rotatable bonds is 3. The van der Waals surface area contributed by atoms with Crippen molar-refractivity contribution in [2.75, 3.05) is 16.8 Å². The highest BCUT2D eigenvalue weighted by Gasteiger charge is 2.24. The average Bonchev–Trinajstić information content (AvgIpc) is 2.74. The highest BCUT2D eigenvalue weighted by molar-refractivity contribution is 6.09. The van der Waals surface area contributed by atoms with Gasteiger partial charge in [-0.25, -0.2) is 0 Å². The van der Waals surface area contributed by atoms with Crippen molar-refractivity contribution < 1.29 is 9.59 Å². The molecule has 4 nitrogen and oxygen atoms in total. The average molecular weight is 384 g/mol. The molecule has 1 aliphatic rings. The van der Waals surface area contributed by atoms with Gasteiger partial charge in [0.15, 0.2) is 0 Å². The van der Waals surface area contributed by atoms with E-state index in [2.05, 4.69) is 18.3 Å². The zero-order valence-electron chi connectivity index (χ0n) is 16.7. The monoisotopic (exact) mass is 384 g/mol. The number of fused-ring (bicyclic) bond motifs is 1. The Morgan fingerprint density at radius 2 is 1.69 bits per heavy atom. The van der Waals surface area contributed by atoms with E-state index in [4.69, 9.17) is 0 Å². The SMILES string of the molecule is Cc1ccc2c(c1)CCCN2C(=O)c1ccc(C)c(NC(=O)c2ccccc2)c1. The Morgan fingerprint density at radius 3 is 2.48 bits per heavy atom. The van der Waals surface area contributed by atoms with E-state index in [1.54, 1.807) is 18.2 Å². The van der Waals surface area contributed by atoms with Crippen molar-refractivity contribution in [2.45, 2.75) is 26.7 Å². The number of nitrogens with one attached hydrogen (secondary N) is 1. The number of hydrogen-bond donors (Lipinski definition) is 1. The van der Waals surface area contributed by atoms with Crippen molar-refractivity contribution in [3.63, 3.8) is 0 Å². The summed E-state index contributed by atoms with van der Waals surface area (Å²) in [5.41, 5.74) is 6.15. The maximum absolute atomic E-state index is 13.3. The van der Waals surface area contributed by atoms with Gasteiger partial charge >= 0.3 is 0 Å². The molecule has 0 unspecified atom stereocenters. The van der Waals surface area contributed by atoms with Gasteiger partial charge in [0, 0.05) is 29.0 Å². The Balaban J connectivity index is 1.61. The van der Waals surface area contributed by atoms with Crippen LogP contribution in [0.15, 0.2) is 66.7 Å². The fraction of sp³-hybridized carbons (Fsp3) is 0.200. The quantitative estimate of drug-likeness (QED) is 0.679. The van der Waals surface area contributed by atoms with Crippen molar-refractivity contribution in [3.05, 3.63) is 94.5 Å². The number of nitrogens with zero attached hydrogens (tertiary/aromatic N) is 1. The molecule has 0 fully saturated rings. The van der Waals surface area contributed by atoms with E-state index >= 15 is 0 Å². The molecule has 29 heavy (non-hydrogen) atoms. The largest absolute Gasteiger partial charge is 0.322 e. The Labute approximate surface area is 171 Å². The lowest BCUT2D eigenvalue weighted by Gasteiger charge is -2.30. The summed E-state index contributed by atoms with van der Waals surface area (Å²) in [7, 11) is 0. The standard InChI is InChI=1S/C25H24N2O2/c1-17-10-13-23-20(15-17)9-6-14-27(23)25(29)21-12-11-18(2)22(16-21)26-24(28)19-7-4-3-5-8-19/h3-5,7-8,10-13,15-16H,6,9,14H2,1-2H3,(H,26,28). The third-order valence-corrected chi connectivity index (χ3v) is 5.37. The molecule has 2 amide bonds. The van der Waals surface area contributed by atoms with E-state index in [0.717, 1.165) is 24.1 Å². The lowest BCUT2D eigenvalue weighted by Crippen LogP contribution is -2.35. The smallest absolute Gasteiger partial charge is 0.258 e. The molecule has 0 atom stereocenters. The predicted molar refractivity (Wildman–Crippen MR) is 117 cm³/mol. The van der Waals surface area contributed by atoms with Gasteiger partial charge in [-0.3, -0.25) is 9.59 Å². The molecule has 0 saturated heterocycles. The second-order valence-corrected chi connectivity index (χ2v) is 7.54. The van der Waals surface area contributed by atoms with Crippen LogP contribution in [-0.2, 0) is 6.42 Å². The van der Waals surface area contributed by atoms with Gasteiger partial charge in [-0.05, 0) is 68.1 Å². The van der Waals surface area contributed by atoms with Crippen LogP contribution >= 0.6 is 0 Å². The van der Waals surface area contributed by atoms with Gasteiger partial charge in [0.05, 0.1) is 0 Å². The van der Waals surface area contributed by atoms with Crippen molar-refractivity contribution in [3.8, 4) is 0 Å². The molecule has 4 heteroatoms. The molecule has 0 bridgehead atoms. The number of aryl methyl sites for hydroxylation is 3. The first-order valence-corrected chi connectivity index (χ1v) is 9.91. The third kappa shape index (κ3) is 3.92. The predicted octanol–water partition coefficient (Wildman–Crippen LogP) is 5.15. The van der Waals surface area contributed by atoms with Crippen LogP contribution in [0.25, 0.3) is 0 Å². The summed E-state index contributed by atoms with van der Waals surface area (Å²) in [6, 6.07) is 20.8. The van der Waals surface area contributed by atoms with Gasteiger partial charge < -0.3 is 10.2 Å². The summed E-state index contributed by atoms with van der Waals surface area (Å²) in [4.78, 5) is 27.7. The van der Waals surface area contributed by atoms with Gasteiger partial charge in [0.1, 0.15) is 0 Å². The Bertz CT molecular complexity index is 1070. The van der Waals surface area contributed by atoms with Gasteiger partial charge in [0.2, 0.25) is 0 Å². The van der Waals surface area contributed by atoms with Gasteiger partial charge in [-0.15, -0.1) is 0 Å². The Kier molecular flexibility index (Phi) is 5.17. The maximum Gasteiger partial charge on any atom is 0.258 e. The molecule has 1 N–H and O–H groups in total. The van der Waals surface area contributed by atoms with E-state index in [-0.39, 0.29) is 11.8 Å². The van der Waals surface area contributed by atoms with E-state index in [1.165, 1.54) is 11.1 Å². The normalized spacial score (nSPS) is 13.0. The first-order valence-electron chi connectivity index (χ1n) is 9.91. The van der Waals surface area contributed by atoms with E-state index < -0.39 is 0 Å². The molecule has 4 rings (SSSR count). The lowest BCUT2D eigenvalue weighted by atomic mass is 9.98. The highest BCUT2D eigenvalue weighted by atomic mass is 16.2. The molecule has 1 aliphatic heterocycles. The number of carbonyl (C=O) groups is 2. The Hall–Kier alpha value is -3.40. The van der Waals surface area contributed by atoms with Crippen LogP contribution in [0, 0.1) is 13.8 Å². The first-order chi connectivity index (χ1) is 14.0. The lowest BCUT2D eigenvalue weighted by molar-refractivity contribution is 0.0982. The van der Waals surface area contributed by atoms with Gasteiger partial charge in [-0.1, -0.05) is 42.0 Å². The van der Waals surface area contributed by atoms with Crippen molar-refractivity contribution in [2.24, 2.45) is 0 Å². The fourth-order valence-corrected chi connectivity index (χ4v) is 3.77. The first kappa shape index (κ1) is 18.9. The molecule has 0 saturated carbocycles. The van der Waals surface area contributed by atoms with E-state index in [9.17, 15) is 9.59 Å². The van der Waals surface area contributed by atoms with Gasteiger partial charge in [0.25, 0.3) is 11.8 Å². The van der Waals surface area contributed by atoms with Crippen LogP contribution in [0.3, 0.4) is 0 Å². The molecular weight excluding hydrogens is 360 g/mol. The summed E-state index contributed by atoms with van der Waals surface area (Å²) >= 11 is 0. The topological polar surface area (TPSA) is 49.4 Å². The van der Waals surface area contributed by atoms with E-state index in [0.29, 0.717) is 23.4 Å². The number of amides is 2. The zero-order chi connectivity index (χ0) is 20.4. The summed E-state index contributed by atoms with van der Waals surface area (Å²) in [6.07, 6.45) is 1.94. The second-order valence-electron chi connectivity index (χ2n) is 7.54. The van der Waals surface area contributed by atoms with Crippen LogP contribution < -0.4 is 10.2 Å². The van der Waals surface area contributed by atoms with Crippen LogP contribution in [0.5, 0.6) is 0 Å². The maximum atomic E-state index is 13.3. The number of anilines is 2. The summed E-state index contributed by atoms with van der Waals surface area (Å²) < 4.78 is 0. The minimum absolute atomic E-state index is 0.0370. The van der Waals surface area contributed by atoms with Crippen molar-refractivity contribution >= 4 is 23.2 Å². The molecule has 0 aliphatic carbocycles. The van der Waals surface area contributed by atoms with Crippen molar-refractivity contribution in [1.29, 1.82) is 0 Å². The van der Waals surface area contributed by atoms with Crippen LogP contribution in [0.4, 0.5) is 11.4 Å². The summed E-state index contributed by atoms with van der Waals surface area (Å²) in [5, 5.41) is 2.94. The zero-order valence-corrected chi connectivity index (χ0v) is 16.7. The van der Waals surface area contributed by atoms with Crippen LogP contribution in [0.1, 0.15) is 43.8 Å². The van der Waals surface area contributed by atoms with Crippen LogP contribution in [0.2, 0.25) is 0 Å².